The van der Waals surface area contributed by atoms with E-state index in [1.165, 1.54) is 31.5 Å². The predicted molar refractivity (Wildman–Crippen MR) is 67.9 cm³/mol. The third-order valence-corrected chi connectivity index (χ3v) is 3.57. The molecule has 98 valence electrons. The SMILES string of the molecule is CCC1CCCC(Oc2ccnc(C(=O)O)c2)C1. The molecule has 2 unspecified atom stereocenters. The third kappa shape index (κ3) is 3.22. The highest BCUT2D eigenvalue weighted by atomic mass is 16.5. The molecule has 1 fully saturated rings. The summed E-state index contributed by atoms with van der Waals surface area (Å²) in [5.41, 5.74) is 0.0374. The number of pyridine rings is 1. The van der Waals surface area contributed by atoms with Gasteiger partial charge >= 0.3 is 5.97 Å². The minimum Gasteiger partial charge on any atom is -0.490 e. The first-order valence-corrected chi connectivity index (χ1v) is 6.55. The minimum absolute atomic E-state index is 0.0374. The molecule has 2 rings (SSSR count). The summed E-state index contributed by atoms with van der Waals surface area (Å²) in [6, 6.07) is 3.22. The Hall–Kier alpha value is -1.58. The second-order valence-electron chi connectivity index (χ2n) is 4.86. The molecule has 0 spiro atoms. The van der Waals surface area contributed by atoms with Crippen LogP contribution in [0.2, 0.25) is 0 Å². The zero-order valence-electron chi connectivity index (χ0n) is 10.6. The maximum Gasteiger partial charge on any atom is 0.354 e. The maximum atomic E-state index is 10.8. The fourth-order valence-electron chi connectivity index (χ4n) is 2.51. The summed E-state index contributed by atoms with van der Waals surface area (Å²) < 4.78 is 5.87. The van der Waals surface area contributed by atoms with Crippen molar-refractivity contribution < 1.29 is 14.6 Å². The van der Waals surface area contributed by atoms with Gasteiger partial charge in [0.2, 0.25) is 0 Å². The highest BCUT2D eigenvalue weighted by molar-refractivity contribution is 5.85. The first-order chi connectivity index (χ1) is 8.69. The van der Waals surface area contributed by atoms with Gasteiger partial charge in [-0.1, -0.05) is 19.8 Å². The standard InChI is InChI=1S/C14H19NO3/c1-2-10-4-3-5-11(8-10)18-12-6-7-15-13(9-12)14(16)17/h6-7,9-11H,2-5,8H2,1H3,(H,16,17). The zero-order valence-corrected chi connectivity index (χ0v) is 10.6. The summed E-state index contributed by atoms with van der Waals surface area (Å²) in [7, 11) is 0. The molecule has 4 heteroatoms. The summed E-state index contributed by atoms with van der Waals surface area (Å²) in [5, 5.41) is 8.88. The Morgan fingerprint density at radius 1 is 1.56 bits per heavy atom. The molecule has 1 aromatic rings. The average molecular weight is 249 g/mol. The first-order valence-electron chi connectivity index (χ1n) is 6.55. The van der Waals surface area contributed by atoms with E-state index < -0.39 is 5.97 Å². The van der Waals surface area contributed by atoms with Crippen molar-refractivity contribution in [3.63, 3.8) is 0 Å². The van der Waals surface area contributed by atoms with Gasteiger partial charge in [0.1, 0.15) is 5.75 Å². The van der Waals surface area contributed by atoms with Crippen LogP contribution >= 0.6 is 0 Å². The predicted octanol–water partition coefficient (Wildman–Crippen LogP) is 3.13. The number of carboxylic acids is 1. The lowest BCUT2D eigenvalue weighted by Crippen LogP contribution is -2.25. The van der Waals surface area contributed by atoms with Gasteiger partial charge in [-0.2, -0.15) is 0 Å². The molecule has 1 saturated carbocycles. The van der Waals surface area contributed by atoms with Crippen molar-refractivity contribution in [1.82, 2.24) is 4.98 Å². The van der Waals surface area contributed by atoms with E-state index in [0.717, 1.165) is 18.8 Å². The lowest BCUT2D eigenvalue weighted by Gasteiger charge is -2.28. The Bertz CT molecular complexity index is 419. The Morgan fingerprint density at radius 3 is 3.11 bits per heavy atom. The van der Waals surface area contributed by atoms with E-state index in [1.807, 2.05) is 0 Å². The number of nitrogens with zero attached hydrogens (tertiary/aromatic N) is 1. The fraction of sp³-hybridized carbons (Fsp3) is 0.571. The van der Waals surface area contributed by atoms with Gasteiger partial charge in [0.05, 0.1) is 6.10 Å². The van der Waals surface area contributed by atoms with Gasteiger partial charge in [0.15, 0.2) is 5.69 Å². The smallest absolute Gasteiger partial charge is 0.354 e. The topological polar surface area (TPSA) is 59.4 Å². The van der Waals surface area contributed by atoms with Crippen molar-refractivity contribution in [3.05, 3.63) is 24.0 Å². The first kappa shape index (κ1) is 12.9. The van der Waals surface area contributed by atoms with Gasteiger partial charge < -0.3 is 9.84 Å². The van der Waals surface area contributed by atoms with E-state index in [2.05, 4.69) is 11.9 Å². The summed E-state index contributed by atoms with van der Waals surface area (Å²) in [6.45, 7) is 2.21. The Morgan fingerprint density at radius 2 is 2.39 bits per heavy atom. The summed E-state index contributed by atoms with van der Waals surface area (Å²) in [6.07, 6.45) is 7.50. The van der Waals surface area contributed by atoms with Crippen molar-refractivity contribution in [2.24, 2.45) is 5.92 Å². The summed E-state index contributed by atoms with van der Waals surface area (Å²) in [5.74, 6) is 0.337. The van der Waals surface area contributed by atoms with Gasteiger partial charge in [-0.25, -0.2) is 9.78 Å². The molecule has 0 aliphatic heterocycles. The van der Waals surface area contributed by atoms with Crippen LogP contribution < -0.4 is 4.74 Å². The van der Waals surface area contributed by atoms with Crippen LogP contribution in [0, 0.1) is 5.92 Å². The molecular weight excluding hydrogens is 230 g/mol. The molecule has 1 heterocycles. The van der Waals surface area contributed by atoms with Crippen LogP contribution in [0.25, 0.3) is 0 Å². The van der Waals surface area contributed by atoms with Crippen LogP contribution in [0.5, 0.6) is 5.75 Å². The monoisotopic (exact) mass is 249 g/mol. The van der Waals surface area contributed by atoms with E-state index in [9.17, 15) is 4.79 Å². The minimum atomic E-state index is -1.02. The number of hydrogen-bond acceptors (Lipinski definition) is 3. The number of carboxylic acid groups (broad SMARTS) is 1. The maximum absolute atomic E-state index is 10.8. The third-order valence-electron chi connectivity index (χ3n) is 3.57. The van der Waals surface area contributed by atoms with Gasteiger partial charge in [0.25, 0.3) is 0 Å². The number of aromatic nitrogens is 1. The van der Waals surface area contributed by atoms with Crippen molar-refractivity contribution in [3.8, 4) is 5.75 Å². The molecule has 0 radical (unpaired) electrons. The summed E-state index contributed by atoms with van der Waals surface area (Å²) in [4.78, 5) is 14.6. The molecule has 0 saturated heterocycles. The van der Waals surface area contributed by atoms with Crippen LogP contribution in [0.1, 0.15) is 49.5 Å². The van der Waals surface area contributed by atoms with Gasteiger partial charge in [-0.05, 0) is 31.2 Å². The molecule has 1 aliphatic rings. The highest BCUT2D eigenvalue weighted by Crippen LogP contribution is 2.29. The Kier molecular flexibility index (Phi) is 4.18. The van der Waals surface area contributed by atoms with Gasteiger partial charge in [-0.15, -0.1) is 0 Å². The normalized spacial score (nSPS) is 23.6. The summed E-state index contributed by atoms with van der Waals surface area (Å²) >= 11 is 0. The van der Waals surface area contributed by atoms with Crippen molar-refractivity contribution in [2.45, 2.75) is 45.1 Å². The van der Waals surface area contributed by atoms with Crippen molar-refractivity contribution >= 4 is 5.97 Å². The zero-order chi connectivity index (χ0) is 13.0. The molecule has 0 bridgehead atoms. The molecule has 1 N–H and O–H groups in total. The molecular formula is C14H19NO3. The van der Waals surface area contributed by atoms with Crippen molar-refractivity contribution in [2.75, 3.05) is 0 Å². The molecule has 2 atom stereocenters. The molecule has 0 aromatic carbocycles. The lowest BCUT2D eigenvalue weighted by atomic mass is 9.85. The second-order valence-corrected chi connectivity index (χ2v) is 4.86. The van der Waals surface area contributed by atoms with Crippen LogP contribution in [-0.4, -0.2) is 22.2 Å². The molecule has 1 aromatic heterocycles. The van der Waals surface area contributed by atoms with Crippen LogP contribution in [0.3, 0.4) is 0 Å². The molecule has 0 amide bonds. The van der Waals surface area contributed by atoms with E-state index in [4.69, 9.17) is 9.84 Å². The molecule has 1 aliphatic carbocycles. The number of aromatic carboxylic acids is 1. The number of ether oxygens (including phenoxy) is 1. The number of hydrogen-bond donors (Lipinski definition) is 1. The lowest BCUT2D eigenvalue weighted by molar-refractivity contribution is 0.0688. The van der Waals surface area contributed by atoms with Crippen LogP contribution in [0.15, 0.2) is 18.3 Å². The Balaban J connectivity index is 2.00. The fourth-order valence-corrected chi connectivity index (χ4v) is 2.51. The van der Waals surface area contributed by atoms with Gasteiger partial charge in [-0.3, -0.25) is 0 Å². The van der Waals surface area contributed by atoms with E-state index in [1.54, 1.807) is 6.07 Å². The van der Waals surface area contributed by atoms with E-state index in [0.29, 0.717) is 5.75 Å². The van der Waals surface area contributed by atoms with E-state index >= 15 is 0 Å². The highest BCUT2D eigenvalue weighted by Gasteiger charge is 2.22. The number of rotatable bonds is 4. The Labute approximate surface area is 107 Å². The largest absolute Gasteiger partial charge is 0.490 e. The second kappa shape index (κ2) is 5.85. The van der Waals surface area contributed by atoms with Crippen LogP contribution in [-0.2, 0) is 0 Å². The van der Waals surface area contributed by atoms with Crippen LogP contribution in [0.4, 0.5) is 0 Å². The number of carbonyl (C=O) groups is 1. The van der Waals surface area contributed by atoms with E-state index in [-0.39, 0.29) is 11.8 Å². The van der Waals surface area contributed by atoms with Gasteiger partial charge in [0, 0.05) is 12.3 Å². The quantitative estimate of drug-likeness (QED) is 0.890. The van der Waals surface area contributed by atoms with Crippen molar-refractivity contribution in [1.29, 1.82) is 0 Å². The molecule has 18 heavy (non-hydrogen) atoms. The molecule has 4 nitrogen and oxygen atoms in total. The average Bonchev–Trinajstić information content (AvgIpc) is 2.39.